The summed E-state index contributed by atoms with van der Waals surface area (Å²) in [5.41, 5.74) is 0.437. The second kappa shape index (κ2) is 7.22. The van der Waals surface area contributed by atoms with Crippen LogP contribution in [0.4, 0.5) is 24.7 Å². The molecular formula is C17H13Cl2F3N4. The van der Waals surface area contributed by atoms with Gasteiger partial charge in [-0.15, -0.1) is 0 Å². The highest BCUT2D eigenvalue weighted by molar-refractivity contribution is 6.33. The lowest BCUT2D eigenvalue weighted by Gasteiger charge is -2.37. The predicted molar refractivity (Wildman–Crippen MR) is 94.8 cm³/mol. The predicted octanol–water partition coefficient (Wildman–Crippen LogP) is 4.61. The largest absolute Gasteiger partial charge is 0.417 e. The number of anilines is 2. The maximum atomic E-state index is 12.7. The number of halogens is 5. The molecule has 136 valence electrons. The van der Waals surface area contributed by atoms with Crippen LogP contribution in [0.25, 0.3) is 0 Å². The van der Waals surface area contributed by atoms with Crippen LogP contribution in [-0.2, 0) is 6.18 Å². The molecule has 3 rings (SSSR count). The average Bonchev–Trinajstić information content (AvgIpc) is 2.61. The van der Waals surface area contributed by atoms with Gasteiger partial charge in [-0.25, -0.2) is 4.98 Å². The lowest BCUT2D eigenvalue weighted by atomic mass is 10.2. The lowest BCUT2D eigenvalue weighted by molar-refractivity contribution is -0.137. The van der Waals surface area contributed by atoms with E-state index >= 15 is 0 Å². The fourth-order valence-corrected chi connectivity index (χ4v) is 3.29. The standard InChI is InChI=1S/C17H13Cl2F3N4/c18-14-8-13(2-1-11(14)9-23)25-3-5-26(6-4-25)16-15(19)7-12(10-24-16)17(20,21)22/h1-2,7-8,10H,3-6H2. The summed E-state index contributed by atoms with van der Waals surface area (Å²) in [5.74, 6) is 0.345. The molecule has 0 bridgehead atoms. The van der Waals surface area contributed by atoms with Crippen molar-refractivity contribution in [2.75, 3.05) is 36.0 Å². The number of pyridine rings is 1. The highest BCUT2D eigenvalue weighted by Gasteiger charge is 2.32. The molecule has 1 fully saturated rings. The van der Waals surface area contributed by atoms with Crippen molar-refractivity contribution in [2.45, 2.75) is 6.18 Å². The van der Waals surface area contributed by atoms with Crippen LogP contribution in [0.2, 0.25) is 10.0 Å². The molecule has 0 spiro atoms. The molecule has 1 aliphatic heterocycles. The zero-order valence-corrected chi connectivity index (χ0v) is 14.9. The zero-order valence-electron chi connectivity index (χ0n) is 13.4. The van der Waals surface area contributed by atoms with E-state index in [9.17, 15) is 13.2 Å². The number of benzene rings is 1. The van der Waals surface area contributed by atoms with Crippen LogP contribution in [0.5, 0.6) is 0 Å². The Labute approximate surface area is 158 Å². The Morgan fingerprint density at radius 2 is 1.65 bits per heavy atom. The van der Waals surface area contributed by atoms with Gasteiger partial charge in [0.2, 0.25) is 0 Å². The van der Waals surface area contributed by atoms with Crippen molar-refractivity contribution in [2.24, 2.45) is 0 Å². The molecule has 0 aliphatic carbocycles. The number of hydrogen-bond donors (Lipinski definition) is 0. The molecule has 0 unspecified atom stereocenters. The van der Waals surface area contributed by atoms with Crippen LogP contribution >= 0.6 is 23.2 Å². The van der Waals surface area contributed by atoms with Gasteiger partial charge in [-0.3, -0.25) is 0 Å². The lowest BCUT2D eigenvalue weighted by Crippen LogP contribution is -2.47. The first-order chi connectivity index (χ1) is 12.3. The molecule has 0 atom stereocenters. The topological polar surface area (TPSA) is 43.2 Å². The van der Waals surface area contributed by atoms with E-state index in [1.54, 1.807) is 12.1 Å². The van der Waals surface area contributed by atoms with E-state index in [0.717, 1.165) is 18.0 Å². The van der Waals surface area contributed by atoms with Gasteiger partial charge in [-0.1, -0.05) is 23.2 Å². The quantitative estimate of drug-likeness (QED) is 0.738. The molecule has 0 saturated carbocycles. The van der Waals surface area contributed by atoms with E-state index in [1.807, 2.05) is 17.0 Å². The van der Waals surface area contributed by atoms with Crippen LogP contribution in [-0.4, -0.2) is 31.2 Å². The maximum Gasteiger partial charge on any atom is 0.417 e. The number of aromatic nitrogens is 1. The Morgan fingerprint density at radius 3 is 2.19 bits per heavy atom. The molecule has 2 heterocycles. The average molecular weight is 401 g/mol. The van der Waals surface area contributed by atoms with Gasteiger partial charge in [0.15, 0.2) is 0 Å². The van der Waals surface area contributed by atoms with E-state index in [2.05, 4.69) is 9.88 Å². The summed E-state index contributed by atoms with van der Waals surface area (Å²) in [7, 11) is 0. The van der Waals surface area contributed by atoms with Crippen molar-refractivity contribution in [1.29, 1.82) is 5.26 Å². The normalized spacial score (nSPS) is 15.1. The van der Waals surface area contributed by atoms with Crippen LogP contribution in [0.1, 0.15) is 11.1 Å². The highest BCUT2D eigenvalue weighted by Crippen LogP contribution is 2.34. The molecule has 9 heteroatoms. The van der Waals surface area contributed by atoms with Gasteiger partial charge < -0.3 is 9.80 Å². The minimum atomic E-state index is -4.47. The second-order valence-corrected chi connectivity index (χ2v) is 6.59. The van der Waals surface area contributed by atoms with Gasteiger partial charge in [0.1, 0.15) is 11.9 Å². The van der Waals surface area contributed by atoms with E-state index in [0.29, 0.717) is 42.6 Å². The molecule has 1 saturated heterocycles. The summed E-state index contributed by atoms with van der Waals surface area (Å²) in [4.78, 5) is 7.84. The van der Waals surface area contributed by atoms with Gasteiger partial charge in [0.05, 0.1) is 21.2 Å². The Kier molecular flexibility index (Phi) is 5.17. The monoisotopic (exact) mass is 400 g/mol. The number of nitriles is 1. The number of hydrogen-bond acceptors (Lipinski definition) is 4. The van der Waals surface area contributed by atoms with Crippen molar-refractivity contribution < 1.29 is 13.2 Å². The Balaban J connectivity index is 1.71. The molecule has 1 aromatic carbocycles. The molecule has 0 N–H and O–H groups in total. The number of piperazine rings is 1. The summed E-state index contributed by atoms with van der Waals surface area (Å²) >= 11 is 12.1. The molecule has 0 radical (unpaired) electrons. The highest BCUT2D eigenvalue weighted by atomic mass is 35.5. The van der Waals surface area contributed by atoms with Gasteiger partial charge >= 0.3 is 6.18 Å². The molecule has 1 aromatic heterocycles. The van der Waals surface area contributed by atoms with Crippen LogP contribution in [0, 0.1) is 11.3 Å². The SMILES string of the molecule is N#Cc1ccc(N2CCN(c3ncc(C(F)(F)F)cc3Cl)CC2)cc1Cl. The summed E-state index contributed by atoms with van der Waals surface area (Å²) in [6, 6.07) is 8.14. The van der Waals surface area contributed by atoms with Crippen LogP contribution in [0.3, 0.4) is 0 Å². The Hall–Kier alpha value is -2.17. The summed E-state index contributed by atoms with van der Waals surface area (Å²) in [6.45, 7) is 2.36. The van der Waals surface area contributed by atoms with Gasteiger partial charge in [0, 0.05) is 38.1 Å². The third-order valence-corrected chi connectivity index (χ3v) is 4.76. The Morgan fingerprint density at radius 1 is 1.00 bits per heavy atom. The van der Waals surface area contributed by atoms with Gasteiger partial charge in [0.25, 0.3) is 0 Å². The first kappa shape index (κ1) is 18.6. The molecule has 2 aromatic rings. The molecule has 4 nitrogen and oxygen atoms in total. The van der Waals surface area contributed by atoms with E-state index in [4.69, 9.17) is 28.5 Å². The number of alkyl halides is 3. The van der Waals surface area contributed by atoms with Crippen molar-refractivity contribution in [3.63, 3.8) is 0 Å². The third kappa shape index (κ3) is 3.81. The van der Waals surface area contributed by atoms with Gasteiger partial charge in [-0.2, -0.15) is 18.4 Å². The first-order valence-corrected chi connectivity index (χ1v) is 8.47. The van der Waals surface area contributed by atoms with Gasteiger partial charge in [-0.05, 0) is 24.3 Å². The molecule has 1 aliphatic rings. The Bertz CT molecular complexity index is 856. The third-order valence-electron chi connectivity index (χ3n) is 4.17. The van der Waals surface area contributed by atoms with E-state index in [1.165, 1.54) is 0 Å². The second-order valence-electron chi connectivity index (χ2n) is 5.78. The van der Waals surface area contributed by atoms with E-state index in [-0.39, 0.29) is 5.02 Å². The van der Waals surface area contributed by atoms with Crippen LogP contribution in [0.15, 0.2) is 30.5 Å². The van der Waals surface area contributed by atoms with Crippen molar-refractivity contribution in [1.82, 2.24) is 4.98 Å². The molecular weight excluding hydrogens is 388 g/mol. The fourth-order valence-electron chi connectivity index (χ4n) is 2.79. The van der Waals surface area contributed by atoms with Crippen molar-refractivity contribution in [3.05, 3.63) is 51.6 Å². The zero-order chi connectivity index (χ0) is 18.9. The minimum Gasteiger partial charge on any atom is -0.368 e. The smallest absolute Gasteiger partial charge is 0.368 e. The molecule has 0 amide bonds. The molecule has 26 heavy (non-hydrogen) atoms. The summed E-state index contributed by atoms with van der Waals surface area (Å²) in [6.07, 6.45) is -3.67. The number of nitrogens with zero attached hydrogens (tertiary/aromatic N) is 4. The first-order valence-electron chi connectivity index (χ1n) is 7.72. The van der Waals surface area contributed by atoms with Crippen LogP contribution < -0.4 is 9.80 Å². The minimum absolute atomic E-state index is 0.0188. The number of rotatable bonds is 2. The van der Waals surface area contributed by atoms with Crippen molar-refractivity contribution >= 4 is 34.7 Å². The fraction of sp³-hybridized carbons (Fsp3) is 0.294. The van der Waals surface area contributed by atoms with Crippen molar-refractivity contribution in [3.8, 4) is 6.07 Å². The summed E-state index contributed by atoms with van der Waals surface area (Å²) in [5, 5.41) is 9.30. The summed E-state index contributed by atoms with van der Waals surface area (Å²) < 4.78 is 38.2. The van der Waals surface area contributed by atoms with E-state index < -0.39 is 11.7 Å². The maximum absolute atomic E-state index is 12.7.